The molecule has 2 rings (SSSR count). The minimum Gasteiger partial charge on any atom is -0.397 e. The number of carbonyl (C=O) groups excluding carboxylic acids is 1. The average Bonchev–Trinajstić information content (AvgIpc) is 2.69. The third-order valence-electron chi connectivity index (χ3n) is 2.74. The van der Waals surface area contributed by atoms with Crippen LogP contribution in [-0.2, 0) is 0 Å². The van der Waals surface area contributed by atoms with Gasteiger partial charge < -0.3 is 10.6 Å². The Hall–Kier alpha value is -1.68. The summed E-state index contributed by atoms with van der Waals surface area (Å²) in [4.78, 5) is 15.5. The van der Waals surface area contributed by atoms with E-state index in [1.165, 1.54) is 5.54 Å². The molecule has 0 radical (unpaired) electrons. The van der Waals surface area contributed by atoms with Gasteiger partial charge in [-0.3, -0.25) is 4.90 Å². The maximum Gasteiger partial charge on any atom is 0.324 e. The SMILES string of the molecule is Nc1ccccc1N1CCN(C/C=C/Cl)C1=O. The first kappa shape index (κ1) is 11.8. The quantitative estimate of drug-likeness (QED) is 0.838. The van der Waals surface area contributed by atoms with E-state index in [0.29, 0.717) is 25.3 Å². The number of nitrogens with two attached hydrogens (primary N) is 1. The van der Waals surface area contributed by atoms with Crippen molar-refractivity contribution >= 4 is 29.0 Å². The molecule has 0 aliphatic carbocycles. The second kappa shape index (κ2) is 5.10. The minimum atomic E-state index is -0.0299. The molecule has 17 heavy (non-hydrogen) atoms. The van der Waals surface area contributed by atoms with Gasteiger partial charge in [0, 0.05) is 25.2 Å². The van der Waals surface area contributed by atoms with Crippen molar-refractivity contribution in [1.82, 2.24) is 4.90 Å². The van der Waals surface area contributed by atoms with Gasteiger partial charge in [0.2, 0.25) is 0 Å². The van der Waals surface area contributed by atoms with Crippen molar-refractivity contribution < 1.29 is 4.79 Å². The monoisotopic (exact) mass is 251 g/mol. The maximum absolute atomic E-state index is 12.1. The molecule has 0 unspecified atom stereocenters. The topological polar surface area (TPSA) is 49.6 Å². The van der Waals surface area contributed by atoms with Crippen molar-refractivity contribution in [2.24, 2.45) is 0 Å². The molecule has 4 nitrogen and oxygen atoms in total. The molecule has 1 aromatic rings. The van der Waals surface area contributed by atoms with Gasteiger partial charge in [-0.1, -0.05) is 29.8 Å². The molecular formula is C12H14ClN3O. The van der Waals surface area contributed by atoms with Crippen molar-refractivity contribution in [1.29, 1.82) is 0 Å². The van der Waals surface area contributed by atoms with E-state index < -0.39 is 0 Å². The van der Waals surface area contributed by atoms with Crippen LogP contribution < -0.4 is 10.6 Å². The third kappa shape index (κ3) is 2.36. The Labute approximate surface area is 105 Å². The molecule has 0 saturated carbocycles. The average molecular weight is 252 g/mol. The smallest absolute Gasteiger partial charge is 0.324 e. The van der Waals surface area contributed by atoms with Gasteiger partial charge in [-0.05, 0) is 12.1 Å². The van der Waals surface area contributed by atoms with Gasteiger partial charge in [-0.15, -0.1) is 0 Å². The van der Waals surface area contributed by atoms with E-state index in [1.54, 1.807) is 21.9 Å². The number of hydrogen-bond donors (Lipinski definition) is 1. The lowest BCUT2D eigenvalue weighted by molar-refractivity contribution is 0.225. The lowest BCUT2D eigenvalue weighted by Crippen LogP contribution is -2.32. The summed E-state index contributed by atoms with van der Waals surface area (Å²) >= 11 is 5.45. The summed E-state index contributed by atoms with van der Waals surface area (Å²) < 4.78 is 0. The van der Waals surface area contributed by atoms with Crippen LogP contribution in [0.15, 0.2) is 35.9 Å². The van der Waals surface area contributed by atoms with E-state index in [2.05, 4.69) is 0 Å². The van der Waals surface area contributed by atoms with E-state index in [0.717, 1.165) is 5.69 Å². The first-order valence-electron chi connectivity index (χ1n) is 5.40. The molecule has 2 N–H and O–H groups in total. The Morgan fingerprint density at radius 2 is 2.12 bits per heavy atom. The van der Waals surface area contributed by atoms with Crippen molar-refractivity contribution in [2.45, 2.75) is 0 Å². The van der Waals surface area contributed by atoms with Crippen molar-refractivity contribution in [3.8, 4) is 0 Å². The summed E-state index contributed by atoms with van der Waals surface area (Å²) in [6.45, 7) is 1.88. The van der Waals surface area contributed by atoms with Gasteiger partial charge in [0.05, 0.1) is 11.4 Å². The van der Waals surface area contributed by atoms with Crippen LogP contribution in [0.4, 0.5) is 16.2 Å². The molecule has 5 heteroatoms. The summed E-state index contributed by atoms with van der Waals surface area (Å²) in [5, 5.41) is 0. The number of hydrogen-bond acceptors (Lipinski definition) is 2. The number of nitrogens with zero attached hydrogens (tertiary/aromatic N) is 2. The zero-order valence-electron chi connectivity index (χ0n) is 9.34. The number of para-hydroxylation sites is 2. The zero-order chi connectivity index (χ0) is 12.3. The number of urea groups is 1. The van der Waals surface area contributed by atoms with E-state index in [9.17, 15) is 4.79 Å². The van der Waals surface area contributed by atoms with Gasteiger partial charge in [0.15, 0.2) is 0 Å². The van der Waals surface area contributed by atoms with Crippen LogP contribution in [0.2, 0.25) is 0 Å². The Morgan fingerprint density at radius 3 is 2.82 bits per heavy atom. The largest absolute Gasteiger partial charge is 0.397 e. The van der Waals surface area contributed by atoms with E-state index in [4.69, 9.17) is 17.3 Å². The highest BCUT2D eigenvalue weighted by Gasteiger charge is 2.29. The molecule has 0 spiro atoms. The van der Waals surface area contributed by atoms with Gasteiger partial charge in [0.25, 0.3) is 0 Å². The lowest BCUT2D eigenvalue weighted by Gasteiger charge is -2.18. The fraction of sp³-hybridized carbons (Fsp3) is 0.250. The highest BCUT2D eigenvalue weighted by atomic mass is 35.5. The Bertz CT molecular complexity index is 447. The van der Waals surface area contributed by atoms with Gasteiger partial charge in [-0.25, -0.2) is 4.79 Å². The highest BCUT2D eigenvalue weighted by molar-refractivity contribution is 6.25. The predicted molar refractivity (Wildman–Crippen MR) is 70.2 cm³/mol. The van der Waals surface area contributed by atoms with Crippen LogP contribution in [0, 0.1) is 0 Å². The summed E-state index contributed by atoms with van der Waals surface area (Å²) in [7, 11) is 0. The molecule has 1 aliphatic heterocycles. The van der Waals surface area contributed by atoms with Crippen LogP contribution in [-0.4, -0.2) is 30.6 Å². The summed E-state index contributed by atoms with van der Waals surface area (Å²) in [6.07, 6.45) is 1.75. The van der Waals surface area contributed by atoms with Crippen molar-refractivity contribution in [3.63, 3.8) is 0 Å². The molecule has 0 atom stereocenters. The van der Waals surface area contributed by atoms with Gasteiger partial charge in [0.1, 0.15) is 0 Å². The molecule has 1 fully saturated rings. The highest BCUT2D eigenvalue weighted by Crippen LogP contribution is 2.26. The van der Waals surface area contributed by atoms with Crippen LogP contribution in [0.3, 0.4) is 0 Å². The molecule has 0 aromatic heterocycles. The van der Waals surface area contributed by atoms with Crippen LogP contribution in [0.1, 0.15) is 0 Å². The van der Waals surface area contributed by atoms with Crippen LogP contribution in [0.5, 0.6) is 0 Å². The Balaban J connectivity index is 2.15. The van der Waals surface area contributed by atoms with E-state index in [-0.39, 0.29) is 6.03 Å². The fourth-order valence-corrected chi connectivity index (χ4v) is 1.96. The standard InChI is InChI=1S/C12H14ClN3O/c13-6-3-7-15-8-9-16(12(15)17)11-5-2-1-4-10(11)14/h1-6H,7-9,14H2/b6-3+. The zero-order valence-corrected chi connectivity index (χ0v) is 10.1. The molecule has 1 aromatic carbocycles. The Kier molecular flexibility index (Phi) is 3.54. The second-order valence-corrected chi connectivity index (χ2v) is 4.05. The molecule has 1 heterocycles. The first-order valence-corrected chi connectivity index (χ1v) is 5.84. The molecule has 1 aliphatic rings. The molecule has 0 bridgehead atoms. The molecule has 90 valence electrons. The van der Waals surface area contributed by atoms with Crippen LogP contribution in [0.25, 0.3) is 0 Å². The maximum atomic E-state index is 12.1. The van der Waals surface area contributed by atoms with Crippen molar-refractivity contribution in [3.05, 3.63) is 35.9 Å². The van der Waals surface area contributed by atoms with Crippen LogP contribution >= 0.6 is 11.6 Å². The number of carbonyl (C=O) groups is 1. The Morgan fingerprint density at radius 1 is 1.35 bits per heavy atom. The third-order valence-corrected chi connectivity index (χ3v) is 2.92. The minimum absolute atomic E-state index is 0.0299. The first-order chi connectivity index (χ1) is 8.24. The van der Waals surface area contributed by atoms with E-state index in [1.807, 2.05) is 18.2 Å². The molecule has 1 saturated heterocycles. The number of amides is 2. The second-order valence-electron chi connectivity index (χ2n) is 3.80. The van der Waals surface area contributed by atoms with Gasteiger partial charge in [-0.2, -0.15) is 0 Å². The summed E-state index contributed by atoms with van der Waals surface area (Å²) in [5.41, 5.74) is 8.68. The van der Waals surface area contributed by atoms with Gasteiger partial charge >= 0.3 is 6.03 Å². The fourth-order valence-electron chi connectivity index (χ4n) is 1.88. The number of benzene rings is 1. The number of anilines is 2. The predicted octanol–water partition coefficient (Wildman–Crippen LogP) is 2.26. The number of halogens is 1. The number of nitrogen functional groups attached to an aromatic ring is 1. The summed E-state index contributed by atoms with van der Waals surface area (Å²) in [5.74, 6) is 0. The molecule has 2 amide bonds. The normalized spacial score (nSPS) is 16.2. The van der Waals surface area contributed by atoms with E-state index >= 15 is 0 Å². The molecular weight excluding hydrogens is 238 g/mol. The summed E-state index contributed by atoms with van der Waals surface area (Å²) in [6, 6.07) is 7.35. The number of rotatable bonds is 3. The lowest BCUT2D eigenvalue weighted by atomic mass is 10.2. The van der Waals surface area contributed by atoms with Crippen molar-refractivity contribution in [2.75, 3.05) is 30.3 Å².